The van der Waals surface area contributed by atoms with Crippen molar-refractivity contribution in [2.45, 2.75) is 32.2 Å². The first-order valence-corrected chi connectivity index (χ1v) is 6.40. The fraction of sp³-hybridized carbons (Fsp3) is 0.500. The Balaban J connectivity index is 2.44. The minimum Gasteiger partial charge on any atom is -0.320 e. The molecule has 0 aliphatic heterocycles. The first-order chi connectivity index (χ1) is 9.09. The molecule has 0 unspecified atom stereocenters. The van der Waals surface area contributed by atoms with Gasteiger partial charge in [0.15, 0.2) is 0 Å². The van der Waals surface area contributed by atoms with E-state index in [4.69, 9.17) is 10.1 Å². The Hall–Kier alpha value is -1.61. The van der Waals surface area contributed by atoms with Crippen LogP contribution in [0.2, 0.25) is 0 Å². The molecule has 0 spiro atoms. The SMILES string of the molecule is CNOCCCC(C)(C)NNc1ccccc1C#N. The highest BCUT2D eigenvalue weighted by Gasteiger charge is 2.16. The van der Waals surface area contributed by atoms with E-state index in [1.165, 1.54) is 0 Å². The van der Waals surface area contributed by atoms with Crippen LogP contribution in [-0.4, -0.2) is 19.2 Å². The van der Waals surface area contributed by atoms with Gasteiger partial charge in [-0.05, 0) is 38.8 Å². The second-order valence-corrected chi connectivity index (χ2v) is 4.95. The van der Waals surface area contributed by atoms with Crippen LogP contribution in [0.1, 0.15) is 32.3 Å². The number of anilines is 1. The van der Waals surface area contributed by atoms with Gasteiger partial charge in [0, 0.05) is 12.6 Å². The van der Waals surface area contributed by atoms with Gasteiger partial charge in [0.2, 0.25) is 0 Å². The molecule has 0 aromatic heterocycles. The first-order valence-electron chi connectivity index (χ1n) is 6.40. The van der Waals surface area contributed by atoms with Gasteiger partial charge in [-0.25, -0.2) is 10.9 Å². The molecular formula is C14H22N4O. The number of hydrogen-bond donors (Lipinski definition) is 3. The third kappa shape index (κ3) is 5.71. The fourth-order valence-electron chi connectivity index (χ4n) is 1.68. The molecule has 0 amide bonds. The maximum atomic E-state index is 9.01. The van der Waals surface area contributed by atoms with Gasteiger partial charge in [0.05, 0.1) is 17.9 Å². The van der Waals surface area contributed by atoms with Gasteiger partial charge in [0.1, 0.15) is 6.07 Å². The molecule has 104 valence electrons. The number of nitrogens with one attached hydrogen (secondary N) is 3. The van der Waals surface area contributed by atoms with Crippen molar-refractivity contribution in [2.24, 2.45) is 0 Å². The highest BCUT2D eigenvalue weighted by atomic mass is 16.6. The normalized spacial score (nSPS) is 11.1. The monoisotopic (exact) mass is 262 g/mol. The lowest BCUT2D eigenvalue weighted by Gasteiger charge is -2.27. The number of nitriles is 1. The van der Waals surface area contributed by atoms with Crippen LogP contribution in [-0.2, 0) is 4.84 Å². The highest BCUT2D eigenvalue weighted by Crippen LogP contribution is 2.15. The summed E-state index contributed by atoms with van der Waals surface area (Å²) in [6.45, 7) is 4.89. The molecule has 0 atom stereocenters. The first kappa shape index (κ1) is 15.4. The zero-order chi connectivity index (χ0) is 14.1. The van der Waals surface area contributed by atoms with E-state index < -0.39 is 0 Å². The van der Waals surface area contributed by atoms with Crippen LogP contribution in [0.4, 0.5) is 5.69 Å². The summed E-state index contributed by atoms with van der Waals surface area (Å²) in [7, 11) is 1.75. The van der Waals surface area contributed by atoms with Crippen LogP contribution in [0.3, 0.4) is 0 Å². The number of hydrogen-bond acceptors (Lipinski definition) is 5. The molecule has 1 rings (SSSR count). The number of para-hydroxylation sites is 1. The van der Waals surface area contributed by atoms with E-state index in [1.807, 2.05) is 18.2 Å². The van der Waals surface area contributed by atoms with Crippen LogP contribution >= 0.6 is 0 Å². The van der Waals surface area contributed by atoms with E-state index >= 15 is 0 Å². The average Bonchev–Trinajstić information content (AvgIpc) is 2.42. The maximum absolute atomic E-state index is 9.01. The van der Waals surface area contributed by atoms with Crippen molar-refractivity contribution < 1.29 is 4.84 Å². The lowest BCUT2D eigenvalue weighted by molar-refractivity contribution is 0.0522. The van der Waals surface area contributed by atoms with Gasteiger partial charge in [-0.2, -0.15) is 5.26 Å². The summed E-state index contributed by atoms with van der Waals surface area (Å²) >= 11 is 0. The third-order valence-electron chi connectivity index (χ3n) is 2.78. The van der Waals surface area contributed by atoms with Crippen LogP contribution in [0.25, 0.3) is 0 Å². The fourth-order valence-corrected chi connectivity index (χ4v) is 1.68. The summed E-state index contributed by atoms with van der Waals surface area (Å²) < 4.78 is 0. The molecule has 0 aliphatic rings. The molecule has 5 heteroatoms. The van der Waals surface area contributed by atoms with Gasteiger partial charge >= 0.3 is 0 Å². The largest absolute Gasteiger partial charge is 0.320 e. The Kier molecular flexibility index (Phi) is 6.30. The van der Waals surface area contributed by atoms with E-state index in [0.29, 0.717) is 12.2 Å². The predicted molar refractivity (Wildman–Crippen MR) is 76.2 cm³/mol. The summed E-state index contributed by atoms with van der Waals surface area (Å²) in [5.41, 5.74) is 10.4. The van der Waals surface area contributed by atoms with Crippen molar-refractivity contribution in [3.8, 4) is 6.07 Å². The third-order valence-corrected chi connectivity index (χ3v) is 2.78. The Labute approximate surface area is 114 Å². The molecule has 19 heavy (non-hydrogen) atoms. The molecule has 0 heterocycles. The molecule has 1 aromatic rings. The van der Waals surface area contributed by atoms with Crippen molar-refractivity contribution in [1.82, 2.24) is 10.9 Å². The Morgan fingerprint density at radius 1 is 1.32 bits per heavy atom. The van der Waals surface area contributed by atoms with Gasteiger partial charge in [-0.15, -0.1) is 0 Å². The maximum Gasteiger partial charge on any atom is 0.101 e. The molecule has 0 radical (unpaired) electrons. The summed E-state index contributed by atoms with van der Waals surface area (Å²) in [6, 6.07) is 9.58. The Bertz CT molecular complexity index is 426. The molecule has 0 aliphatic carbocycles. The standard InChI is InChI=1S/C14H22N4O/c1-14(2,9-6-10-19-16-3)18-17-13-8-5-4-7-12(13)11-15/h4-5,7-8,16-18H,6,9-10H2,1-3H3. The van der Waals surface area contributed by atoms with Crippen LogP contribution < -0.4 is 16.3 Å². The van der Waals surface area contributed by atoms with Gasteiger partial charge in [-0.1, -0.05) is 12.1 Å². The van der Waals surface area contributed by atoms with E-state index in [1.54, 1.807) is 13.1 Å². The molecule has 3 N–H and O–H groups in total. The number of nitrogens with zero attached hydrogens (tertiary/aromatic N) is 1. The smallest absolute Gasteiger partial charge is 0.101 e. The number of benzene rings is 1. The molecule has 0 fully saturated rings. The second kappa shape index (κ2) is 7.74. The summed E-state index contributed by atoms with van der Waals surface area (Å²) in [5.74, 6) is 0. The van der Waals surface area contributed by atoms with Crippen LogP contribution in [0.15, 0.2) is 24.3 Å². The molecule has 5 nitrogen and oxygen atoms in total. The van der Waals surface area contributed by atoms with Gasteiger partial charge in [-0.3, -0.25) is 0 Å². The molecule has 0 bridgehead atoms. The number of hydroxylamine groups is 1. The van der Waals surface area contributed by atoms with Crippen LogP contribution in [0, 0.1) is 11.3 Å². The van der Waals surface area contributed by atoms with Crippen LogP contribution in [0.5, 0.6) is 0 Å². The lowest BCUT2D eigenvalue weighted by atomic mass is 10.00. The van der Waals surface area contributed by atoms with E-state index in [-0.39, 0.29) is 5.54 Å². The number of hydrazine groups is 1. The molecule has 0 saturated carbocycles. The van der Waals surface area contributed by atoms with Gasteiger partial charge in [0.25, 0.3) is 0 Å². The summed E-state index contributed by atoms with van der Waals surface area (Å²) in [5, 5.41) is 9.01. The minimum absolute atomic E-state index is 0.0837. The second-order valence-electron chi connectivity index (χ2n) is 4.95. The van der Waals surface area contributed by atoms with Crippen molar-refractivity contribution in [1.29, 1.82) is 5.26 Å². The molecular weight excluding hydrogens is 240 g/mol. The van der Waals surface area contributed by atoms with Crippen molar-refractivity contribution in [3.63, 3.8) is 0 Å². The Morgan fingerprint density at radius 2 is 2.05 bits per heavy atom. The summed E-state index contributed by atoms with van der Waals surface area (Å²) in [4.78, 5) is 5.09. The Morgan fingerprint density at radius 3 is 2.74 bits per heavy atom. The quantitative estimate of drug-likeness (QED) is 0.495. The lowest BCUT2D eigenvalue weighted by Crippen LogP contribution is -2.43. The zero-order valence-corrected chi connectivity index (χ0v) is 11.8. The minimum atomic E-state index is -0.0837. The van der Waals surface area contributed by atoms with Crippen molar-refractivity contribution >= 4 is 5.69 Å². The zero-order valence-electron chi connectivity index (χ0n) is 11.8. The molecule has 1 aromatic carbocycles. The predicted octanol–water partition coefficient (Wildman–Crippen LogP) is 2.18. The highest BCUT2D eigenvalue weighted by molar-refractivity contribution is 5.56. The van der Waals surface area contributed by atoms with E-state index in [2.05, 4.69) is 36.2 Å². The van der Waals surface area contributed by atoms with Crippen molar-refractivity contribution in [2.75, 3.05) is 19.1 Å². The van der Waals surface area contributed by atoms with E-state index in [9.17, 15) is 0 Å². The summed E-state index contributed by atoms with van der Waals surface area (Å²) in [6.07, 6.45) is 1.90. The topological polar surface area (TPSA) is 69.1 Å². The van der Waals surface area contributed by atoms with E-state index in [0.717, 1.165) is 18.5 Å². The van der Waals surface area contributed by atoms with Gasteiger partial charge < -0.3 is 10.3 Å². The van der Waals surface area contributed by atoms with Crippen molar-refractivity contribution in [3.05, 3.63) is 29.8 Å². The molecule has 0 saturated heterocycles. The average molecular weight is 262 g/mol. The number of rotatable bonds is 8.